The molecular weight excluding hydrogens is 300 g/mol. The van der Waals surface area contributed by atoms with Crippen LogP contribution in [0, 0.1) is 13.8 Å². The number of hydrogen-bond donors (Lipinski definition) is 1. The second-order valence-corrected chi connectivity index (χ2v) is 6.23. The van der Waals surface area contributed by atoms with Crippen LogP contribution in [0.3, 0.4) is 0 Å². The lowest BCUT2D eigenvalue weighted by atomic mass is 10.2. The number of nitrogens with one attached hydrogen (secondary N) is 1. The van der Waals surface area contributed by atoms with E-state index in [2.05, 4.69) is 39.2 Å². The van der Waals surface area contributed by atoms with Gasteiger partial charge in [-0.05, 0) is 25.8 Å². The summed E-state index contributed by atoms with van der Waals surface area (Å²) in [6.45, 7) is 7.89. The summed E-state index contributed by atoms with van der Waals surface area (Å²) in [4.78, 5) is 25.1. The molecule has 3 rings (SSSR count). The highest BCUT2D eigenvalue weighted by Gasteiger charge is 2.17. The molecule has 0 aromatic carbocycles. The Hall–Kier alpha value is -2.35. The molecule has 0 spiro atoms. The van der Waals surface area contributed by atoms with Gasteiger partial charge in [0.1, 0.15) is 0 Å². The summed E-state index contributed by atoms with van der Waals surface area (Å²) in [5.41, 5.74) is 2.67. The Balaban J connectivity index is 1.87. The molecule has 0 aliphatic carbocycles. The average Bonchev–Trinajstić information content (AvgIpc) is 3.05. The van der Waals surface area contributed by atoms with Crippen LogP contribution in [0.15, 0.2) is 11.4 Å². The molecule has 1 amide bonds. The van der Waals surface area contributed by atoms with E-state index in [1.165, 1.54) is 11.3 Å². The third-order valence-electron chi connectivity index (χ3n) is 3.16. The van der Waals surface area contributed by atoms with Crippen molar-refractivity contribution in [2.75, 3.05) is 5.32 Å². The van der Waals surface area contributed by atoms with E-state index in [4.69, 9.17) is 0 Å². The predicted octanol–water partition coefficient (Wildman–Crippen LogP) is 2.57. The number of carbonyl (C=O) groups is 1. The van der Waals surface area contributed by atoms with E-state index < -0.39 is 0 Å². The molecule has 3 aromatic heterocycles. The lowest BCUT2D eigenvalue weighted by Crippen LogP contribution is -2.14. The largest absolute Gasteiger partial charge is 0.297 e. The summed E-state index contributed by atoms with van der Waals surface area (Å²) in [6.07, 6.45) is 0. The number of fused-ring (bicyclic) bond motifs is 1. The molecule has 8 heteroatoms. The number of aryl methyl sites for hydroxylation is 2. The molecule has 3 aromatic rings. The molecule has 7 nitrogen and oxygen atoms in total. The molecule has 0 fully saturated rings. The second-order valence-electron chi connectivity index (χ2n) is 5.37. The Morgan fingerprint density at radius 3 is 2.73 bits per heavy atom. The summed E-state index contributed by atoms with van der Waals surface area (Å²) in [5.74, 6) is 0.449. The highest BCUT2D eigenvalue weighted by Crippen LogP contribution is 2.21. The van der Waals surface area contributed by atoms with Crippen molar-refractivity contribution in [1.82, 2.24) is 24.6 Å². The van der Waals surface area contributed by atoms with Crippen LogP contribution < -0.4 is 5.32 Å². The van der Waals surface area contributed by atoms with Crippen molar-refractivity contribution in [3.63, 3.8) is 0 Å². The van der Waals surface area contributed by atoms with Crippen LogP contribution in [0.25, 0.3) is 5.78 Å². The molecule has 0 radical (unpaired) electrons. The summed E-state index contributed by atoms with van der Waals surface area (Å²) in [5, 5.41) is 9.42. The Morgan fingerprint density at radius 1 is 1.27 bits per heavy atom. The van der Waals surface area contributed by atoms with E-state index >= 15 is 0 Å². The molecule has 0 bridgehead atoms. The fourth-order valence-electron chi connectivity index (χ4n) is 2.02. The molecule has 22 heavy (non-hydrogen) atoms. The van der Waals surface area contributed by atoms with Crippen molar-refractivity contribution in [3.05, 3.63) is 34.4 Å². The second kappa shape index (κ2) is 5.45. The van der Waals surface area contributed by atoms with Gasteiger partial charge >= 0.3 is 0 Å². The van der Waals surface area contributed by atoms with Gasteiger partial charge in [-0.2, -0.15) is 4.98 Å². The van der Waals surface area contributed by atoms with Gasteiger partial charge in [0.15, 0.2) is 5.13 Å². The first-order chi connectivity index (χ1) is 10.4. The number of aromatic nitrogens is 5. The van der Waals surface area contributed by atoms with Gasteiger partial charge in [-0.1, -0.05) is 13.8 Å². The number of rotatable bonds is 3. The van der Waals surface area contributed by atoms with Gasteiger partial charge in [-0.25, -0.2) is 14.5 Å². The van der Waals surface area contributed by atoms with Crippen LogP contribution in [0.5, 0.6) is 0 Å². The lowest BCUT2D eigenvalue weighted by Gasteiger charge is -1.98. The number of anilines is 1. The minimum Gasteiger partial charge on any atom is -0.295 e. The van der Waals surface area contributed by atoms with E-state index in [9.17, 15) is 4.79 Å². The summed E-state index contributed by atoms with van der Waals surface area (Å²) in [7, 11) is 0. The quantitative estimate of drug-likeness (QED) is 0.802. The van der Waals surface area contributed by atoms with Gasteiger partial charge in [0.25, 0.3) is 11.7 Å². The molecule has 0 aliphatic rings. The molecule has 0 atom stereocenters. The third-order valence-corrected chi connectivity index (χ3v) is 3.93. The molecule has 0 saturated carbocycles. The average molecular weight is 316 g/mol. The molecule has 0 saturated heterocycles. The van der Waals surface area contributed by atoms with Crippen LogP contribution in [0.2, 0.25) is 0 Å². The van der Waals surface area contributed by atoms with Gasteiger partial charge < -0.3 is 0 Å². The Bertz CT molecular complexity index is 850. The third kappa shape index (κ3) is 2.69. The first-order valence-electron chi connectivity index (χ1n) is 6.92. The molecule has 3 heterocycles. The number of amides is 1. The van der Waals surface area contributed by atoms with E-state index in [1.807, 2.05) is 25.3 Å². The highest BCUT2D eigenvalue weighted by molar-refractivity contribution is 7.14. The Labute approximate surface area is 131 Å². The number of thiazole rings is 1. The SMILES string of the molecule is Cc1cc(C)n2nc(C(=O)Nc3nc(C(C)C)cs3)nc2n1. The van der Waals surface area contributed by atoms with Crippen LogP contribution in [-0.4, -0.2) is 30.5 Å². The van der Waals surface area contributed by atoms with Crippen molar-refractivity contribution < 1.29 is 4.79 Å². The van der Waals surface area contributed by atoms with Gasteiger partial charge in [-0.3, -0.25) is 10.1 Å². The number of carbonyl (C=O) groups excluding carboxylic acids is 1. The van der Waals surface area contributed by atoms with E-state index in [-0.39, 0.29) is 11.7 Å². The van der Waals surface area contributed by atoms with E-state index in [0.717, 1.165) is 17.1 Å². The summed E-state index contributed by atoms with van der Waals surface area (Å²) in [6, 6.07) is 1.89. The van der Waals surface area contributed by atoms with Gasteiger partial charge in [0, 0.05) is 16.8 Å². The predicted molar refractivity (Wildman–Crippen MR) is 84.4 cm³/mol. The smallest absolute Gasteiger partial charge is 0.295 e. The first kappa shape index (κ1) is 14.6. The maximum Gasteiger partial charge on any atom is 0.297 e. The zero-order valence-electron chi connectivity index (χ0n) is 12.8. The molecule has 0 unspecified atom stereocenters. The molecule has 0 aliphatic heterocycles. The standard InChI is InChI=1S/C14H16N6OS/c1-7(2)10-6-22-14(16-10)18-12(21)11-17-13-15-8(3)5-9(4)20(13)19-11/h5-7H,1-4H3,(H,16,18,21). The zero-order chi connectivity index (χ0) is 15.9. The first-order valence-corrected chi connectivity index (χ1v) is 7.80. The summed E-state index contributed by atoms with van der Waals surface area (Å²) >= 11 is 1.39. The maximum absolute atomic E-state index is 12.2. The van der Waals surface area contributed by atoms with E-state index in [0.29, 0.717) is 16.8 Å². The van der Waals surface area contributed by atoms with Gasteiger partial charge in [-0.15, -0.1) is 16.4 Å². The minimum absolute atomic E-state index is 0.0856. The highest BCUT2D eigenvalue weighted by atomic mass is 32.1. The fourth-order valence-corrected chi connectivity index (χ4v) is 2.89. The fraction of sp³-hybridized carbons (Fsp3) is 0.357. The Morgan fingerprint density at radius 2 is 2.05 bits per heavy atom. The zero-order valence-corrected chi connectivity index (χ0v) is 13.6. The van der Waals surface area contributed by atoms with Crippen LogP contribution in [-0.2, 0) is 0 Å². The van der Waals surface area contributed by atoms with Gasteiger partial charge in [0.05, 0.1) is 5.69 Å². The van der Waals surface area contributed by atoms with Crippen molar-refractivity contribution in [2.24, 2.45) is 0 Å². The van der Waals surface area contributed by atoms with Crippen LogP contribution in [0.4, 0.5) is 5.13 Å². The van der Waals surface area contributed by atoms with Crippen molar-refractivity contribution in [1.29, 1.82) is 0 Å². The van der Waals surface area contributed by atoms with Gasteiger partial charge in [0.2, 0.25) is 5.82 Å². The number of nitrogens with zero attached hydrogens (tertiary/aromatic N) is 5. The Kier molecular flexibility index (Phi) is 3.61. The summed E-state index contributed by atoms with van der Waals surface area (Å²) < 4.78 is 1.56. The molecule has 1 N–H and O–H groups in total. The molecular formula is C14H16N6OS. The van der Waals surface area contributed by atoms with Crippen molar-refractivity contribution in [3.8, 4) is 0 Å². The monoisotopic (exact) mass is 316 g/mol. The molecule has 114 valence electrons. The lowest BCUT2D eigenvalue weighted by molar-refractivity contribution is 0.101. The topological polar surface area (TPSA) is 85.1 Å². The van der Waals surface area contributed by atoms with E-state index in [1.54, 1.807) is 4.52 Å². The van der Waals surface area contributed by atoms with Crippen molar-refractivity contribution in [2.45, 2.75) is 33.6 Å². The van der Waals surface area contributed by atoms with Crippen LogP contribution >= 0.6 is 11.3 Å². The van der Waals surface area contributed by atoms with Crippen molar-refractivity contribution >= 4 is 28.2 Å². The minimum atomic E-state index is -0.382. The number of hydrogen-bond acceptors (Lipinski definition) is 6. The van der Waals surface area contributed by atoms with Crippen LogP contribution in [0.1, 0.15) is 47.5 Å². The normalized spacial score (nSPS) is 11.3. The maximum atomic E-state index is 12.2.